The molecule has 0 fully saturated rings. The minimum atomic E-state index is -0.862. The van der Waals surface area contributed by atoms with Crippen LogP contribution in [0.5, 0.6) is 0 Å². The van der Waals surface area contributed by atoms with Gasteiger partial charge in [0.05, 0.1) is 0 Å². The molecule has 0 spiro atoms. The Labute approximate surface area is 85.7 Å². The summed E-state index contributed by atoms with van der Waals surface area (Å²) < 4.78 is 0. The Morgan fingerprint density at radius 3 is 3.00 bits per heavy atom. The predicted molar refractivity (Wildman–Crippen MR) is 53.0 cm³/mol. The van der Waals surface area contributed by atoms with Crippen molar-refractivity contribution in [2.45, 2.75) is 16.7 Å². The Hall–Kier alpha value is -1.14. The molecule has 1 aromatic rings. The number of hydrogen-bond acceptors (Lipinski definition) is 5. The summed E-state index contributed by atoms with van der Waals surface area (Å²) >= 11 is 1.19. The first-order valence-electron chi connectivity index (χ1n) is 4.09. The van der Waals surface area contributed by atoms with Gasteiger partial charge in [0, 0.05) is 6.20 Å². The Kier molecular flexibility index (Phi) is 4.34. The molecule has 0 bridgehead atoms. The number of thioether (sulfide) groups is 1. The number of nitrogens with two attached hydrogens (primary N) is 1. The van der Waals surface area contributed by atoms with E-state index < -0.39 is 11.2 Å². The normalized spacial score (nSPS) is 12.4. The van der Waals surface area contributed by atoms with Crippen LogP contribution in [0, 0.1) is 0 Å². The van der Waals surface area contributed by atoms with Crippen LogP contribution in [0.2, 0.25) is 0 Å². The van der Waals surface area contributed by atoms with Crippen LogP contribution in [0.25, 0.3) is 0 Å². The summed E-state index contributed by atoms with van der Waals surface area (Å²) in [6.45, 7) is 0.356. The Balaban J connectivity index is 2.60. The van der Waals surface area contributed by atoms with E-state index in [0.29, 0.717) is 18.0 Å². The minimum Gasteiger partial charge on any atom is -0.480 e. The third kappa shape index (κ3) is 3.31. The Morgan fingerprint density at radius 2 is 2.50 bits per heavy atom. The zero-order chi connectivity index (χ0) is 10.4. The van der Waals surface area contributed by atoms with Gasteiger partial charge in [-0.3, -0.25) is 4.79 Å². The fraction of sp³-hybridized carbons (Fsp3) is 0.375. The molecule has 3 N–H and O–H groups in total. The van der Waals surface area contributed by atoms with Gasteiger partial charge in [-0.15, -0.1) is 0 Å². The highest BCUT2D eigenvalue weighted by molar-refractivity contribution is 8.00. The molecule has 0 saturated carbocycles. The van der Waals surface area contributed by atoms with Crippen molar-refractivity contribution >= 4 is 17.7 Å². The van der Waals surface area contributed by atoms with Crippen LogP contribution in [0.1, 0.15) is 6.42 Å². The maximum atomic E-state index is 10.8. The number of rotatable bonds is 5. The van der Waals surface area contributed by atoms with Crippen molar-refractivity contribution < 1.29 is 9.90 Å². The van der Waals surface area contributed by atoms with E-state index in [9.17, 15) is 4.79 Å². The number of aromatic nitrogens is 2. The van der Waals surface area contributed by atoms with Crippen LogP contribution in [0.15, 0.2) is 23.6 Å². The van der Waals surface area contributed by atoms with Crippen molar-refractivity contribution in [1.29, 1.82) is 0 Å². The van der Waals surface area contributed by atoms with Crippen molar-refractivity contribution in [3.8, 4) is 0 Å². The largest absolute Gasteiger partial charge is 0.480 e. The molecule has 0 radical (unpaired) electrons. The molecule has 14 heavy (non-hydrogen) atoms. The van der Waals surface area contributed by atoms with Crippen LogP contribution < -0.4 is 5.73 Å². The van der Waals surface area contributed by atoms with E-state index in [-0.39, 0.29) is 0 Å². The van der Waals surface area contributed by atoms with Gasteiger partial charge >= 0.3 is 5.97 Å². The molecular weight excluding hydrogens is 202 g/mol. The van der Waals surface area contributed by atoms with E-state index in [0.717, 1.165) is 0 Å². The molecule has 0 aliphatic heterocycles. The first kappa shape index (κ1) is 10.9. The predicted octanol–water partition coefficient (Wildman–Crippen LogP) is 0.371. The first-order chi connectivity index (χ1) is 6.74. The second-order valence-corrected chi connectivity index (χ2v) is 3.79. The second kappa shape index (κ2) is 5.56. The number of carbonyl (C=O) groups is 1. The van der Waals surface area contributed by atoms with E-state index in [1.54, 1.807) is 12.3 Å². The van der Waals surface area contributed by atoms with Gasteiger partial charge in [0.2, 0.25) is 0 Å². The van der Waals surface area contributed by atoms with Gasteiger partial charge < -0.3 is 10.8 Å². The van der Waals surface area contributed by atoms with Gasteiger partial charge in [-0.25, -0.2) is 9.97 Å². The van der Waals surface area contributed by atoms with Crippen LogP contribution in [-0.2, 0) is 4.79 Å². The van der Waals surface area contributed by atoms with Crippen LogP contribution in [0.3, 0.4) is 0 Å². The van der Waals surface area contributed by atoms with Crippen molar-refractivity contribution in [3.63, 3.8) is 0 Å². The Bertz CT molecular complexity index is 294. The standard InChI is InChI=1S/C8H11N3O2S/c9-3-1-6(8(12)13)14-7-2-4-10-5-11-7/h2,4-6H,1,3,9H2,(H,12,13). The van der Waals surface area contributed by atoms with E-state index in [2.05, 4.69) is 9.97 Å². The maximum absolute atomic E-state index is 10.8. The third-order valence-corrected chi connectivity index (χ3v) is 2.73. The Morgan fingerprint density at radius 1 is 1.71 bits per heavy atom. The molecule has 1 heterocycles. The summed E-state index contributed by atoms with van der Waals surface area (Å²) in [6.07, 6.45) is 3.41. The molecule has 0 amide bonds. The van der Waals surface area contributed by atoms with Crippen molar-refractivity contribution in [1.82, 2.24) is 9.97 Å². The van der Waals surface area contributed by atoms with Crippen LogP contribution in [-0.4, -0.2) is 32.8 Å². The van der Waals surface area contributed by atoms with Crippen molar-refractivity contribution in [2.24, 2.45) is 5.73 Å². The topological polar surface area (TPSA) is 89.1 Å². The maximum Gasteiger partial charge on any atom is 0.317 e. The smallest absolute Gasteiger partial charge is 0.317 e. The average molecular weight is 213 g/mol. The molecular formula is C8H11N3O2S. The van der Waals surface area contributed by atoms with Gasteiger partial charge in [-0.1, -0.05) is 11.8 Å². The highest BCUT2D eigenvalue weighted by Gasteiger charge is 2.18. The monoisotopic (exact) mass is 213 g/mol. The number of aliphatic carboxylic acids is 1. The second-order valence-electron chi connectivity index (χ2n) is 2.57. The van der Waals surface area contributed by atoms with Gasteiger partial charge in [0.25, 0.3) is 0 Å². The molecule has 1 atom stereocenters. The quantitative estimate of drug-likeness (QED) is 0.542. The lowest BCUT2D eigenvalue weighted by Gasteiger charge is -2.08. The highest BCUT2D eigenvalue weighted by atomic mass is 32.2. The summed E-state index contributed by atoms with van der Waals surface area (Å²) in [5.41, 5.74) is 5.31. The zero-order valence-electron chi connectivity index (χ0n) is 7.46. The first-order valence-corrected chi connectivity index (χ1v) is 4.97. The molecule has 6 heteroatoms. The van der Waals surface area contributed by atoms with E-state index in [4.69, 9.17) is 10.8 Å². The van der Waals surface area contributed by atoms with Crippen LogP contribution >= 0.6 is 11.8 Å². The van der Waals surface area contributed by atoms with E-state index in [1.807, 2.05) is 0 Å². The van der Waals surface area contributed by atoms with Crippen molar-refractivity contribution in [3.05, 3.63) is 18.6 Å². The number of hydrogen-bond donors (Lipinski definition) is 2. The summed E-state index contributed by atoms with van der Waals surface area (Å²) in [5, 5.41) is 8.97. The zero-order valence-corrected chi connectivity index (χ0v) is 8.28. The minimum absolute atomic E-state index is 0.356. The number of carboxylic acid groups (broad SMARTS) is 1. The highest BCUT2D eigenvalue weighted by Crippen LogP contribution is 2.22. The van der Waals surface area contributed by atoms with Gasteiger partial charge in [-0.2, -0.15) is 0 Å². The SMILES string of the molecule is NCCC(Sc1ccncn1)C(=O)O. The van der Waals surface area contributed by atoms with Gasteiger partial charge in [0.15, 0.2) is 0 Å². The van der Waals surface area contributed by atoms with Crippen molar-refractivity contribution in [2.75, 3.05) is 6.54 Å². The number of carboxylic acids is 1. The lowest BCUT2D eigenvalue weighted by Crippen LogP contribution is -2.20. The molecule has 1 aromatic heterocycles. The number of nitrogens with zero attached hydrogens (tertiary/aromatic N) is 2. The summed E-state index contributed by atoms with van der Waals surface area (Å²) in [6, 6.07) is 1.68. The fourth-order valence-electron chi connectivity index (χ4n) is 0.878. The molecule has 1 rings (SSSR count). The van der Waals surface area contributed by atoms with Gasteiger partial charge in [0.1, 0.15) is 16.6 Å². The molecule has 0 aromatic carbocycles. The molecule has 1 unspecified atom stereocenters. The summed E-state index contributed by atoms with van der Waals surface area (Å²) in [7, 11) is 0. The lowest BCUT2D eigenvalue weighted by molar-refractivity contribution is -0.136. The molecule has 0 aliphatic carbocycles. The fourth-order valence-corrected chi connectivity index (χ4v) is 1.77. The summed E-state index contributed by atoms with van der Waals surface area (Å²) in [4.78, 5) is 18.5. The van der Waals surface area contributed by atoms with Gasteiger partial charge in [-0.05, 0) is 19.0 Å². The molecule has 0 saturated heterocycles. The van der Waals surface area contributed by atoms with E-state index in [1.165, 1.54) is 18.1 Å². The molecule has 5 nitrogen and oxygen atoms in total. The summed E-state index contributed by atoms with van der Waals surface area (Å²) in [5.74, 6) is -0.862. The molecule has 76 valence electrons. The van der Waals surface area contributed by atoms with E-state index >= 15 is 0 Å². The molecule has 0 aliphatic rings. The third-order valence-electron chi connectivity index (χ3n) is 1.52. The average Bonchev–Trinajstić information content (AvgIpc) is 2.18. The lowest BCUT2D eigenvalue weighted by atomic mass is 10.3. The van der Waals surface area contributed by atoms with Crippen LogP contribution in [0.4, 0.5) is 0 Å².